The van der Waals surface area contributed by atoms with Gasteiger partial charge in [0.2, 0.25) is 5.91 Å². The average molecular weight is 422 g/mol. The number of amides is 1. The molecule has 1 aliphatic rings. The first-order valence-corrected chi connectivity index (χ1v) is 12.1. The van der Waals surface area contributed by atoms with Gasteiger partial charge in [0.05, 0.1) is 11.1 Å². The molecular weight excluding hydrogens is 390 g/mol. The van der Waals surface area contributed by atoms with Crippen molar-refractivity contribution in [3.63, 3.8) is 0 Å². The van der Waals surface area contributed by atoms with Crippen molar-refractivity contribution in [2.24, 2.45) is 0 Å². The molecule has 3 rings (SSSR count). The Bertz CT molecular complexity index is 909. The van der Waals surface area contributed by atoms with E-state index in [9.17, 15) is 9.59 Å². The fourth-order valence-corrected chi connectivity index (χ4v) is 5.76. The Balaban J connectivity index is 1.93. The normalized spacial score (nSPS) is 14.3. The van der Waals surface area contributed by atoms with E-state index in [1.54, 1.807) is 11.3 Å². The van der Waals surface area contributed by atoms with Gasteiger partial charge < -0.3 is 5.32 Å². The van der Waals surface area contributed by atoms with E-state index < -0.39 is 0 Å². The molecule has 2 aromatic heterocycles. The molecule has 1 N–H and O–H groups in total. The van der Waals surface area contributed by atoms with Crippen LogP contribution in [0.25, 0.3) is 10.2 Å². The van der Waals surface area contributed by atoms with E-state index in [1.165, 1.54) is 28.6 Å². The summed E-state index contributed by atoms with van der Waals surface area (Å²) in [5, 5.41) is 4.49. The molecule has 0 saturated heterocycles. The van der Waals surface area contributed by atoms with E-state index in [4.69, 9.17) is 4.98 Å². The predicted octanol–water partition coefficient (Wildman–Crippen LogP) is 4.53. The van der Waals surface area contributed by atoms with Crippen LogP contribution in [0.15, 0.2) is 9.95 Å². The molecule has 7 heteroatoms. The molecule has 0 unspecified atom stereocenters. The van der Waals surface area contributed by atoms with Gasteiger partial charge in [0.15, 0.2) is 5.16 Å². The van der Waals surface area contributed by atoms with Crippen LogP contribution in [0.2, 0.25) is 0 Å². The predicted molar refractivity (Wildman–Crippen MR) is 119 cm³/mol. The first-order valence-electron chi connectivity index (χ1n) is 10.3. The Labute approximate surface area is 175 Å². The zero-order valence-electron chi connectivity index (χ0n) is 17.4. The molecule has 0 bridgehead atoms. The van der Waals surface area contributed by atoms with Gasteiger partial charge in [-0.05, 0) is 58.4 Å². The quantitative estimate of drug-likeness (QED) is 0.405. The number of rotatable bonds is 7. The molecule has 0 atom stereocenters. The average Bonchev–Trinajstić information content (AvgIpc) is 2.99. The van der Waals surface area contributed by atoms with Crippen molar-refractivity contribution in [3.8, 4) is 0 Å². The van der Waals surface area contributed by atoms with Gasteiger partial charge in [-0.25, -0.2) is 4.98 Å². The molecule has 0 saturated carbocycles. The number of aromatic nitrogens is 2. The third-order valence-corrected chi connectivity index (χ3v) is 7.03. The largest absolute Gasteiger partial charge is 0.351 e. The molecule has 0 fully saturated rings. The lowest BCUT2D eigenvalue weighted by molar-refractivity contribution is -0.119. The molecular formula is C21H31N3O2S2. The van der Waals surface area contributed by atoms with E-state index in [0.29, 0.717) is 11.7 Å². The molecule has 5 nitrogen and oxygen atoms in total. The number of unbranched alkanes of at least 4 members (excludes halogenated alkanes) is 2. The molecule has 2 heterocycles. The van der Waals surface area contributed by atoms with E-state index in [0.717, 1.165) is 48.7 Å². The summed E-state index contributed by atoms with van der Waals surface area (Å²) in [6, 6.07) is 0. The van der Waals surface area contributed by atoms with Crippen molar-refractivity contribution >= 4 is 39.2 Å². The number of carbonyl (C=O) groups is 1. The molecule has 0 spiro atoms. The smallest absolute Gasteiger partial charge is 0.263 e. The highest BCUT2D eigenvalue weighted by atomic mass is 32.2. The number of carbonyl (C=O) groups excluding carboxylic acids is 1. The van der Waals surface area contributed by atoms with Gasteiger partial charge in [0.25, 0.3) is 5.56 Å². The summed E-state index contributed by atoms with van der Waals surface area (Å²) in [6.07, 6.45) is 7.54. The maximum atomic E-state index is 13.4. The monoisotopic (exact) mass is 421 g/mol. The number of nitrogens with one attached hydrogen (secondary N) is 1. The second-order valence-corrected chi connectivity index (χ2v) is 10.6. The van der Waals surface area contributed by atoms with E-state index in [-0.39, 0.29) is 22.8 Å². The van der Waals surface area contributed by atoms with Crippen molar-refractivity contribution in [1.29, 1.82) is 0 Å². The Kier molecular flexibility index (Phi) is 6.86. The Morgan fingerprint density at radius 2 is 2.00 bits per heavy atom. The SMILES string of the molecule is CCCCCn1c(SCC(=O)NC(C)(C)C)nc2sc3c(c2c1=O)CCCC3. The lowest BCUT2D eigenvalue weighted by Crippen LogP contribution is -2.41. The Morgan fingerprint density at radius 1 is 1.25 bits per heavy atom. The summed E-state index contributed by atoms with van der Waals surface area (Å²) in [5.74, 6) is 0.242. The fourth-order valence-electron chi connectivity index (χ4n) is 3.63. The number of thioether (sulfide) groups is 1. The third kappa shape index (κ3) is 4.98. The van der Waals surface area contributed by atoms with Crippen molar-refractivity contribution < 1.29 is 4.79 Å². The molecule has 0 aromatic carbocycles. The lowest BCUT2D eigenvalue weighted by atomic mass is 9.97. The molecule has 1 aliphatic carbocycles. The first-order chi connectivity index (χ1) is 13.3. The summed E-state index contributed by atoms with van der Waals surface area (Å²) >= 11 is 3.05. The molecule has 0 radical (unpaired) electrons. The molecule has 28 heavy (non-hydrogen) atoms. The number of hydrogen-bond donors (Lipinski definition) is 1. The van der Waals surface area contributed by atoms with Gasteiger partial charge in [-0.15, -0.1) is 11.3 Å². The highest BCUT2D eigenvalue weighted by Crippen LogP contribution is 2.34. The van der Waals surface area contributed by atoms with Crippen molar-refractivity contribution in [3.05, 3.63) is 20.8 Å². The molecule has 0 aliphatic heterocycles. The minimum Gasteiger partial charge on any atom is -0.351 e. The first kappa shape index (κ1) is 21.4. The summed E-state index contributed by atoms with van der Waals surface area (Å²) in [5.41, 5.74) is 1.05. The fraction of sp³-hybridized carbons (Fsp3) is 0.667. The van der Waals surface area contributed by atoms with Crippen molar-refractivity contribution in [2.75, 3.05) is 5.75 Å². The van der Waals surface area contributed by atoms with Gasteiger partial charge in [0.1, 0.15) is 4.83 Å². The van der Waals surface area contributed by atoms with Crippen LogP contribution in [0.3, 0.4) is 0 Å². The molecule has 2 aromatic rings. The number of aryl methyl sites for hydroxylation is 2. The Hall–Kier alpha value is -1.34. The van der Waals surface area contributed by atoms with Gasteiger partial charge in [0, 0.05) is 17.0 Å². The van der Waals surface area contributed by atoms with Gasteiger partial charge in [-0.3, -0.25) is 14.2 Å². The summed E-state index contributed by atoms with van der Waals surface area (Å²) in [6.45, 7) is 8.74. The van der Waals surface area contributed by atoms with Crippen LogP contribution in [-0.4, -0.2) is 26.8 Å². The summed E-state index contributed by atoms with van der Waals surface area (Å²) in [4.78, 5) is 32.7. The van der Waals surface area contributed by atoms with E-state index in [2.05, 4.69) is 12.2 Å². The van der Waals surface area contributed by atoms with Crippen LogP contribution in [-0.2, 0) is 24.2 Å². The maximum absolute atomic E-state index is 13.4. The summed E-state index contributed by atoms with van der Waals surface area (Å²) < 4.78 is 1.81. The second-order valence-electron chi connectivity index (χ2n) is 8.54. The number of thiophene rings is 1. The number of fused-ring (bicyclic) bond motifs is 3. The van der Waals surface area contributed by atoms with Crippen LogP contribution in [0.4, 0.5) is 0 Å². The van der Waals surface area contributed by atoms with Gasteiger partial charge in [-0.1, -0.05) is 31.5 Å². The van der Waals surface area contributed by atoms with Crippen LogP contribution in [0.1, 0.15) is 70.2 Å². The highest BCUT2D eigenvalue weighted by Gasteiger charge is 2.23. The van der Waals surface area contributed by atoms with Crippen molar-refractivity contribution in [2.45, 2.75) is 89.9 Å². The van der Waals surface area contributed by atoms with Gasteiger partial charge >= 0.3 is 0 Å². The number of nitrogens with zero attached hydrogens (tertiary/aromatic N) is 2. The maximum Gasteiger partial charge on any atom is 0.263 e. The zero-order chi connectivity index (χ0) is 20.3. The van der Waals surface area contributed by atoms with Crippen LogP contribution >= 0.6 is 23.1 Å². The highest BCUT2D eigenvalue weighted by molar-refractivity contribution is 7.99. The topological polar surface area (TPSA) is 64.0 Å². The summed E-state index contributed by atoms with van der Waals surface area (Å²) in [7, 11) is 0. The lowest BCUT2D eigenvalue weighted by Gasteiger charge is -2.20. The van der Waals surface area contributed by atoms with Crippen LogP contribution in [0.5, 0.6) is 0 Å². The Morgan fingerprint density at radius 3 is 2.71 bits per heavy atom. The molecule has 154 valence electrons. The number of hydrogen-bond acceptors (Lipinski definition) is 5. The minimum absolute atomic E-state index is 0.0302. The minimum atomic E-state index is -0.261. The molecule has 1 amide bonds. The third-order valence-electron chi connectivity index (χ3n) is 4.87. The standard InChI is InChI=1S/C21H31N3O2S2/c1-5-6-9-12-24-19(26)17-14-10-7-8-11-15(14)28-18(17)22-20(24)27-13-16(25)23-21(2,3)4/h5-13H2,1-4H3,(H,23,25). The van der Waals surface area contributed by atoms with E-state index >= 15 is 0 Å². The van der Waals surface area contributed by atoms with Gasteiger partial charge in [-0.2, -0.15) is 0 Å². The zero-order valence-corrected chi connectivity index (χ0v) is 19.0. The van der Waals surface area contributed by atoms with E-state index in [1.807, 2.05) is 25.3 Å². The van der Waals surface area contributed by atoms with Crippen LogP contribution in [0, 0.1) is 0 Å². The second kappa shape index (κ2) is 8.99. The van der Waals surface area contributed by atoms with Crippen LogP contribution < -0.4 is 10.9 Å². The van der Waals surface area contributed by atoms with Crippen molar-refractivity contribution in [1.82, 2.24) is 14.9 Å².